The molecule has 3 nitrogen and oxygen atoms in total. The predicted molar refractivity (Wildman–Crippen MR) is 85.4 cm³/mol. The van der Waals surface area contributed by atoms with Gasteiger partial charge in [0.25, 0.3) is 0 Å². The van der Waals surface area contributed by atoms with Gasteiger partial charge in [-0.15, -0.1) is 0 Å². The summed E-state index contributed by atoms with van der Waals surface area (Å²) in [5.41, 5.74) is 10.2. The van der Waals surface area contributed by atoms with Crippen molar-refractivity contribution in [2.45, 2.75) is 52.1 Å². The van der Waals surface area contributed by atoms with Crippen molar-refractivity contribution in [3.63, 3.8) is 0 Å². The third kappa shape index (κ3) is 3.53. The monoisotopic (exact) mass is 276 g/mol. The molecule has 2 rings (SSSR count). The molecule has 2 N–H and O–H groups in total. The van der Waals surface area contributed by atoms with Crippen LogP contribution in [0.2, 0.25) is 0 Å². The van der Waals surface area contributed by atoms with Gasteiger partial charge in [-0.25, -0.2) is 0 Å². The van der Waals surface area contributed by atoms with E-state index in [0.717, 1.165) is 39.0 Å². The SMILES string of the molecule is CCC(N)Cc1cc(C)ccc1N1CCOCC1CC. The second-order valence-electron chi connectivity index (χ2n) is 5.83. The first-order valence-electron chi connectivity index (χ1n) is 7.85. The van der Waals surface area contributed by atoms with Crippen LogP contribution >= 0.6 is 0 Å². The van der Waals surface area contributed by atoms with Gasteiger partial charge >= 0.3 is 0 Å². The van der Waals surface area contributed by atoms with E-state index in [1.165, 1.54) is 16.8 Å². The van der Waals surface area contributed by atoms with Crippen LogP contribution in [0, 0.1) is 6.92 Å². The molecule has 1 aromatic rings. The Balaban J connectivity index is 2.29. The van der Waals surface area contributed by atoms with E-state index < -0.39 is 0 Å². The topological polar surface area (TPSA) is 38.5 Å². The lowest BCUT2D eigenvalue weighted by atomic mass is 9.98. The van der Waals surface area contributed by atoms with Gasteiger partial charge in [0.2, 0.25) is 0 Å². The summed E-state index contributed by atoms with van der Waals surface area (Å²) in [6.45, 7) is 9.19. The standard InChI is InChI=1S/C17H28N2O/c1-4-15(18)11-14-10-13(3)6-7-17(14)19-8-9-20-12-16(19)5-2/h6-7,10,15-16H,4-5,8-9,11-12,18H2,1-3H3. The zero-order chi connectivity index (χ0) is 14.5. The first-order chi connectivity index (χ1) is 9.65. The van der Waals surface area contributed by atoms with Crippen molar-refractivity contribution in [1.82, 2.24) is 0 Å². The number of anilines is 1. The number of benzene rings is 1. The summed E-state index contributed by atoms with van der Waals surface area (Å²) in [4.78, 5) is 2.51. The van der Waals surface area contributed by atoms with E-state index in [0.29, 0.717) is 6.04 Å². The average Bonchev–Trinajstić information content (AvgIpc) is 2.47. The van der Waals surface area contributed by atoms with Crippen LogP contribution in [0.4, 0.5) is 5.69 Å². The molecule has 0 aromatic heterocycles. The second-order valence-corrected chi connectivity index (χ2v) is 5.83. The van der Waals surface area contributed by atoms with Crippen LogP contribution in [-0.4, -0.2) is 31.8 Å². The molecule has 0 radical (unpaired) electrons. The van der Waals surface area contributed by atoms with Crippen LogP contribution in [0.25, 0.3) is 0 Å². The molecular formula is C17H28N2O. The lowest BCUT2D eigenvalue weighted by Gasteiger charge is -2.38. The maximum atomic E-state index is 6.18. The molecule has 1 aliphatic heterocycles. The van der Waals surface area contributed by atoms with E-state index >= 15 is 0 Å². The Morgan fingerprint density at radius 1 is 1.40 bits per heavy atom. The largest absolute Gasteiger partial charge is 0.377 e. The molecule has 1 heterocycles. The summed E-state index contributed by atoms with van der Waals surface area (Å²) in [7, 11) is 0. The number of rotatable bonds is 5. The van der Waals surface area contributed by atoms with Crippen LogP contribution in [0.15, 0.2) is 18.2 Å². The first-order valence-corrected chi connectivity index (χ1v) is 7.85. The number of hydrogen-bond acceptors (Lipinski definition) is 3. The zero-order valence-corrected chi connectivity index (χ0v) is 13.1. The molecule has 2 unspecified atom stereocenters. The van der Waals surface area contributed by atoms with E-state index in [2.05, 4.69) is 43.9 Å². The first kappa shape index (κ1) is 15.3. The molecule has 2 atom stereocenters. The number of hydrogen-bond donors (Lipinski definition) is 1. The molecular weight excluding hydrogens is 248 g/mol. The van der Waals surface area contributed by atoms with Gasteiger partial charge in [0.15, 0.2) is 0 Å². The highest BCUT2D eigenvalue weighted by atomic mass is 16.5. The summed E-state index contributed by atoms with van der Waals surface area (Å²) < 4.78 is 5.62. The maximum absolute atomic E-state index is 6.18. The van der Waals surface area contributed by atoms with Crippen molar-refractivity contribution < 1.29 is 4.74 Å². The molecule has 1 saturated heterocycles. The predicted octanol–water partition coefficient (Wildman–Crippen LogP) is 2.89. The second kappa shape index (κ2) is 7.09. The van der Waals surface area contributed by atoms with Crippen molar-refractivity contribution in [3.8, 4) is 0 Å². The van der Waals surface area contributed by atoms with Gasteiger partial charge < -0.3 is 15.4 Å². The lowest BCUT2D eigenvalue weighted by molar-refractivity contribution is 0.0929. The molecule has 112 valence electrons. The van der Waals surface area contributed by atoms with Crippen LogP contribution in [-0.2, 0) is 11.2 Å². The summed E-state index contributed by atoms with van der Waals surface area (Å²) in [5.74, 6) is 0. The Bertz CT molecular complexity index is 433. The van der Waals surface area contributed by atoms with Gasteiger partial charge in [0, 0.05) is 18.3 Å². The number of aryl methyl sites for hydroxylation is 1. The molecule has 20 heavy (non-hydrogen) atoms. The van der Waals surface area contributed by atoms with Crippen LogP contribution in [0.3, 0.4) is 0 Å². The van der Waals surface area contributed by atoms with Gasteiger partial charge in [-0.3, -0.25) is 0 Å². The van der Waals surface area contributed by atoms with Gasteiger partial charge in [-0.05, 0) is 37.8 Å². The van der Waals surface area contributed by atoms with Gasteiger partial charge in [0.05, 0.1) is 19.3 Å². The maximum Gasteiger partial charge on any atom is 0.0670 e. The minimum Gasteiger partial charge on any atom is -0.377 e. The minimum atomic E-state index is 0.247. The Morgan fingerprint density at radius 2 is 2.20 bits per heavy atom. The van der Waals surface area contributed by atoms with E-state index in [9.17, 15) is 0 Å². The van der Waals surface area contributed by atoms with E-state index in [1.54, 1.807) is 0 Å². The summed E-state index contributed by atoms with van der Waals surface area (Å²) >= 11 is 0. The fourth-order valence-electron chi connectivity index (χ4n) is 2.89. The van der Waals surface area contributed by atoms with Gasteiger partial charge in [-0.2, -0.15) is 0 Å². The minimum absolute atomic E-state index is 0.247. The van der Waals surface area contributed by atoms with E-state index in [4.69, 9.17) is 10.5 Å². The fraction of sp³-hybridized carbons (Fsp3) is 0.647. The Labute approximate surface area is 123 Å². The number of morpholine rings is 1. The number of nitrogens with zero attached hydrogens (tertiary/aromatic N) is 1. The van der Waals surface area contributed by atoms with E-state index in [1.807, 2.05) is 0 Å². The highest BCUT2D eigenvalue weighted by molar-refractivity contribution is 5.56. The van der Waals surface area contributed by atoms with E-state index in [-0.39, 0.29) is 6.04 Å². The van der Waals surface area contributed by atoms with Gasteiger partial charge in [-0.1, -0.05) is 31.5 Å². The molecule has 0 spiro atoms. The highest BCUT2D eigenvalue weighted by Crippen LogP contribution is 2.27. The third-order valence-corrected chi connectivity index (χ3v) is 4.25. The number of ether oxygens (including phenoxy) is 1. The third-order valence-electron chi connectivity index (χ3n) is 4.25. The van der Waals surface area contributed by atoms with Crippen LogP contribution in [0.1, 0.15) is 37.8 Å². The van der Waals surface area contributed by atoms with Crippen molar-refractivity contribution in [2.75, 3.05) is 24.7 Å². The fourth-order valence-corrected chi connectivity index (χ4v) is 2.89. The van der Waals surface area contributed by atoms with Crippen molar-refractivity contribution in [2.24, 2.45) is 5.73 Å². The summed E-state index contributed by atoms with van der Waals surface area (Å²) in [6, 6.07) is 7.51. The van der Waals surface area contributed by atoms with Crippen molar-refractivity contribution >= 4 is 5.69 Å². The normalized spacial score (nSPS) is 21.0. The molecule has 0 bridgehead atoms. The number of nitrogens with two attached hydrogens (primary N) is 1. The lowest BCUT2D eigenvalue weighted by Crippen LogP contribution is -2.45. The molecule has 0 aliphatic carbocycles. The highest BCUT2D eigenvalue weighted by Gasteiger charge is 2.23. The van der Waals surface area contributed by atoms with Gasteiger partial charge in [0.1, 0.15) is 0 Å². The van der Waals surface area contributed by atoms with Crippen molar-refractivity contribution in [1.29, 1.82) is 0 Å². The Kier molecular flexibility index (Phi) is 5.44. The smallest absolute Gasteiger partial charge is 0.0670 e. The quantitative estimate of drug-likeness (QED) is 0.898. The molecule has 0 amide bonds. The zero-order valence-electron chi connectivity index (χ0n) is 13.1. The molecule has 0 saturated carbocycles. The Morgan fingerprint density at radius 3 is 2.90 bits per heavy atom. The summed E-state index contributed by atoms with van der Waals surface area (Å²) in [5, 5.41) is 0. The van der Waals surface area contributed by atoms with Crippen LogP contribution in [0.5, 0.6) is 0 Å². The van der Waals surface area contributed by atoms with Crippen LogP contribution < -0.4 is 10.6 Å². The van der Waals surface area contributed by atoms with Crippen molar-refractivity contribution in [3.05, 3.63) is 29.3 Å². The molecule has 1 aliphatic rings. The molecule has 1 fully saturated rings. The molecule has 1 aromatic carbocycles. The summed E-state index contributed by atoms with van der Waals surface area (Å²) in [6.07, 6.45) is 3.10. The molecule has 3 heteroatoms. The average molecular weight is 276 g/mol. The Hall–Kier alpha value is -1.06.